The summed E-state index contributed by atoms with van der Waals surface area (Å²) < 4.78 is 11.1. The highest BCUT2D eigenvalue weighted by Gasteiger charge is 2.25. The van der Waals surface area contributed by atoms with E-state index < -0.39 is 0 Å². The van der Waals surface area contributed by atoms with Gasteiger partial charge < -0.3 is 19.0 Å². The van der Waals surface area contributed by atoms with Crippen molar-refractivity contribution in [1.29, 1.82) is 0 Å². The lowest BCUT2D eigenvalue weighted by Gasteiger charge is -2.28. The summed E-state index contributed by atoms with van der Waals surface area (Å²) in [5.41, 5.74) is 0.925. The van der Waals surface area contributed by atoms with Gasteiger partial charge in [0, 0.05) is 25.8 Å². The molecule has 0 radical (unpaired) electrons. The minimum absolute atomic E-state index is 0.0189. The topological polar surface area (TPSA) is 63.0 Å². The van der Waals surface area contributed by atoms with Crippen molar-refractivity contribution in [1.82, 2.24) is 9.80 Å². The quantitative estimate of drug-likeness (QED) is 0.446. The van der Waals surface area contributed by atoms with Crippen LogP contribution in [0.5, 0.6) is 0 Å². The molecule has 2 aromatic rings. The predicted molar refractivity (Wildman–Crippen MR) is 115 cm³/mol. The molecular weight excluding hydrogens is 380 g/mol. The Kier molecular flexibility index (Phi) is 8.03. The van der Waals surface area contributed by atoms with Crippen LogP contribution in [0.3, 0.4) is 0 Å². The Hall–Kier alpha value is -3.12. The molecule has 2 heterocycles. The summed E-state index contributed by atoms with van der Waals surface area (Å²) in [6.45, 7) is 5.53. The molecule has 2 amide bonds. The van der Waals surface area contributed by atoms with Gasteiger partial charge in [0.1, 0.15) is 12.3 Å². The summed E-state index contributed by atoms with van der Waals surface area (Å²) in [6.07, 6.45) is 8.39. The molecule has 1 aliphatic heterocycles. The number of amides is 2. The van der Waals surface area contributed by atoms with E-state index in [2.05, 4.69) is 6.58 Å². The molecule has 30 heavy (non-hydrogen) atoms. The van der Waals surface area contributed by atoms with Gasteiger partial charge in [-0.3, -0.25) is 9.59 Å². The fourth-order valence-corrected chi connectivity index (χ4v) is 3.37. The molecule has 3 rings (SSSR count). The zero-order valence-electron chi connectivity index (χ0n) is 17.1. The van der Waals surface area contributed by atoms with E-state index in [0.29, 0.717) is 18.8 Å². The molecule has 6 nitrogen and oxygen atoms in total. The number of hydrogen-bond donors (Lipinski definition) is 0. The van der Waals surface area contributed by atoms with Gasteiger partial charge in [-0.05, 0) is 36.6 Å². The molecular formula is C24H28N2O4. The van der Waals surface area contributed by atoms with Crippen LogP contribution in [0.1, 0.15) is 24.2 Å². The Morgan fingerprint density at radius 3 is 2.63 bits per heavy atom. The van der Waals surface area contributed by atoms with E-state index in [1.165, 1.54) is 11.0 Å². The second-order valence-electron chi connectivity index (χ2n) is 7.24. The van der Waals surface area contributed by atoms with Crippen molar-refractivity contribution in [2.45, 2.75) is 25.5 Å². The Balaban J connectivity index is 1.67. The normalized spacial score (nSPS) is 15.9. The lowest BCUT2D eigenvalue weighted by atomic mass is 10.2. The van der Waals surface area contributed by atoms with Crippen LogP contribution in [0, 0.1) is 0 Å². The first-order valence-corrected chi connectivity index (χ1v) is 10.2. The number of rotatable bonds is 10. The van der Waals surface area contributed by atoms with Gasteiger partial charge in [-0.25, -0.2) is 0 Å². The van der Waals surface area contributed by atoms with Crippen molar-refractivity contribution in [3.63, 3.8) is 0 Å². The predicted octanol–water partition coefficient (Wildman–Crippen LogP) is 3.52. The minimum atomic E-state index is -0.234. The third-order valence-electron chi connectivity index (χ3n) is 4.93. The maximum atomic E-state index is 13.1. The summed E-state index contributed by atoms with van der Waals surface area (Å²) in [7, 11) is 0. The van der Waals surface area contributed by atoms with Crippen molar-refractivity contribution in [3.05, 3.63) is 78.8 Å². The average molecular weight is 408 g/mol. The monoisotopic (exact) mass is 408 g/mol. The van der Waals surface area contributed by atoms with Crippen LogP contribution in [0.2, 0.25) is 0 Å². The highest BCUT2D eigenvalue weighted by Crippen LogP contribution is 2.16. The molecule has 0 N–H and O–H groups in total. The number of carbonyl (C=O) groups is 2. The standard InChI is InChI=1S/C24H28N2O4/c1-2-14-25(23(27)13-12-20-8-4-3-5-9-20)19-24(28)26(17-21-10-6-15-29-21)18-22-11-7-16-30-22/h2-6,8-10,12-13,15,22H,1,7,11,14,16-19H2/b13-12+/t22-/m0/s1. The van der Waals surface area contributed by atoms with E-state index in [1.54, 1.807) is 29.4 Å². The van der Waals surface area contributed by atoms with E-state index in [1.807, 2.05) is 36.4 Å². The number of furan rings is 1. The Morgan fingerprint density at radius 2 is 1.97 bits per heavy atom. The molecule has 0 spiro atoms. The molecule has 0 unspecified atom stereocenters. The second kappa shape index (κ2) is 11.2. The lowest BCUT2D eigenvalue weighted by molar-refractivity contribution is -0.139. The fraction of sp³-hybridized carbons (Fsp3) is 0.333. The largest absolute Gasteiger partial charge is 0.467 e. The first kappa shape index (κ1) is 21.6. The Labute approximate surface area is 177 Å². The van der Waals surface area contributed by atoms with Gasteiger partial charge in [0.15, 0.2) is 0 Å². The number of ether oxygens (including phenoxy) is 1. The zero-order chi connectivity index (χ0) is 21.2. The van der Waals surface area contributed by atoms with Crippen molar-refractivity contribution in [2.24, 2.45) is 0 Å². The van der Waals surface area contributed by atoms with Crippen LogP contribution in [0.4, 0.5) is 0 Å². The first-order valence-electron chi connectivity index (χ1n) is 10.2. The minimum Gasteiger partial charge on any atom is -0.467 e. The fourth-order valence-electron chi connectivity index (χ4n) is 3.37. The summed E-state index contributed by atoms with van der Waals surface area (Å²) in [5.74, 6) is 0.319. The van der Waals surface area contributed by atoms with Gasteiger partial charge in [0.05, 0.1) is 18.9 Å². The summed E-state index contributed by atoms with van der Waals surface area (Å²) in [4.78, 5) is 29.0. The van der Waals surface area contributed by atoms with Gasteiger partial charge in [0.2, 0.25) is 11.8 Å². The molecule has 1 fully saturated rings. The maximum absolute atomic E-state index is 13.1. The second-order valence-corrected chi connectivity index (χ2v) is 7.24. The average Bonchev–Trinajstić information content (AvgIpc) is 3.46. The maximum Gasteiger partial charge on any atom is 0.247 e. The van der Waals surface area contributed by atoms with Crippen molar-refractivity contribution in [3.8, 4) is 0 Å². The SMILES string of the molecule is C=CCN(CC(=O)N(Cc1ccco1)C[C@@H]1CCCO1)C(=O)/C=C/c1ccccc1. The highest BCUT2D eigenvalue weighted by molar-refractivity contribution is 5.94. The van der Waals surface area contributed by atoms with Gasteiger partial charge >= 0.3 is 0 Å². The molecule has 1 saturated heterocycles. The van der Waals surface area contributed by atoms with Crippen LogP contribution in [-0.2, 0) is 20.9 Å². The molecule has 1 aromatic carbocycles. The van der Waals surface area contributed by atoms with Crippen molar-refractivity contribution >= 4 is 17.9 Å². The first-order chi connectivity index (χ1) is 14.7. The molecule has 1 aromatic heterocycles. The Bertz CT molecular complexity index is 839. The van der Waals surface area contributed by atoms with Crippen LogP contribution in [-0.4, -0.2) is 54.0 Å². The molecule has 158 valence electrons. The molecule has 0 aliphatic carbocycles. The lowest BCUT2D eigenvalue weighted by Crippen LogP contribution is -2.44. The third kappa shape index (κ3) is 6.46. The summed E-state index contributed by atoms with van der Waals surface area (Å²) >= 11 is 0. The van der Waals surface area contributed by atoms with Crippen LogP contribution in [0.25, 0.3) is 6.08 Å². The number of hydrogen-bond acceptors (Lipinski definition) is 4. The highest BCUT2D eigenvalue weighted by atomic mass is 16.5. The molecule has 6 heteroatoms. The molecule has 0 saturated carbocycles. The van der Waals surface area contributed by atoms with E-state index >= 15 is 0 Å². The smallest absolute Gasteiger partial charge is 0.247 e. The number of benzene rings is 1. The van der Waals surface area contributed by atoms with E-state index in [9.17, 15) is 9.59 Å². The van der Waals surface area contributed by atoms with E-state index in [0.717, 1.165) is 25.0 Å². The summed E-state index contributed by atoms with van der Waals surface area (Å²) in [5, 5.41) is 0. The van der Waals surface area contributed by atoms with Gasteiger partial charge in [-0.15, -0.1) is 6.58 Å². The molecule has 1 aliphatic rings. The van der Waals surface area contributed by atoms with Crippen LogP contribution in [0.15, 0.2) is 71.9 Å². The number of nitrogens with zero attached hydrogens (tertiary/aromatic N) is 2. The molecule has 0 bridgehead atoms. The number of carbonyl (C=O) groups excluding carboxylic acids is 2. The zero-order valence-corrected chi connectivity index (χ0v) is 17.1. The van der Waals surface area contributed by atoms with Crippen molar-refractivity contribution < 1.29 is 18.7 Å². The van der Waals surface area contributed by atoms with Gasteiger partial charge in [-0.1, -0.05) is 36.4 Å². The van der Waals surface area contributed by atoms with Gasteiger partial charge in [-0.2, -0.15) is 0 Å². The van der Waals surface area contributed by atoms with E-state index in [4.69, 9.17) is 9.15 Å². The van der Waals surface area contributed by atoms with Crippen LogP contribution < -0.4 is 0 Å². The summed E-state index contributed by atoms with van der Waals surface area (Å²) in [6, 6.07) is 13.2. The van der Waals surface area contributed by atoms with Crippen molar-refractivity contribution in [2.75, 3.05) is 26.2 Å². The Morgan fingerprint density at radius 1 is 1.13 bits per heavy atom. The van der Waals surface area contributed by atoms with Crippen LogP contribution >= 0.6 is 0 Å². The third-order valence-corrected chi connectivity index (χ3v) is 4.93. The molecule has 1 atom stereocenters. The van der Waals surface area contributed by atoms with E-state index in [-0.39, 0.29) is 31.0 Å². The van der Waals surface area contributed by atoms with Gasteiger partial charge in [0.25, 0.3) is 0 Å².